The van der Waals surface area contributed by atoms with Gasteiger partial charge in [-0.1, -0.05) is 19.1 Å². The van der Waals surface area contributed by atoms with Crippen LogP contribution in [0.15, 0.2) is 18.2 Å². The van der Waals surface area contributed by atoms with E-state index in [1.165, 1.54) is 11.1 Å². The molecule has 6 heteroatoms. The van der Waals surface area contributed by atoms with Crippen LogP contribution in [0.3, 0.4) is 0 Å². The van der Waals surface area contributed by atoms with Crippen LogP contribution in [0.4, 0.5) is 5.69 Å². The lowest BCUT2D eigenvalue weighted by molar-refractivity contribution is 0.260. The lowest BCUT2D eigenvalue weighted by Crippen LogP contribution is -2.49. The van der Waals surface area contributed by atoms with E-state index < -0.39 is 10.4 Å². The van der Waals surface area contributed by atoms with Crippen LogP contribution in [0.5, 0.6) is 0 Å². The van der Waals surface area contributed by atoms with Crippen molar-refractivity contribution in [3.8, 4) is 0 Å². The van der Waals surface area contributed by atoms with Crippen LogP contribution in [-0.2, 0) is 14.6 Å². The highest BCUT2D eigenvalue weighted by atomic mass is 32.3. The molecule has 0 aromatic heterocycles. The summed E-state index contributed by atoms with van der Waals surface area (Å²) in [7, 11) is -4.39. The summed E-state index contributed by atoms with van der Waals surface area (Å²) in [5.74, 6) is 0.453. The molecule has 1 aromatic rings. The first-order valence-corrected chi connectivity index (χ1v) is 8.47. The second kappa shape index (κ2) is 5.59. The molecule has 1 aliphatic heterocycles. The van der Waals surface area contributed by atoms with E-state index in [-0.39, 0.29) is 12.1 Å². The number of benzene rings is 1. The summed E-state index contributed by atoms with van der Waals surface area (Å²) in [6.45, 7) is 8.88. The van der Waals surface area contributed by atoms with Gasteiger partial charge < -0.3 is 4.90 Å². The number of nitrogens with zero attached hydrogens (tertiary/aromatic N) is 1. The summed E-state index contributed by atoms with van der Waals surface area (Å²) >= 11 is 0. The summed E-state index contributed by atoms with van der Waals surface area (Å²) < 4.78 is 34.6. The Morgan fingerprint density at radius 3 is 2.71 bits per heavy atom. The quantitative estimate of drug-likeness (QED) is 0.866. The second-order valence-electron chi connectivity index (χ2n) is 6.38. The largest absolute Gasteiger partial charge is 0.397 e. The first-order chi connectivity index (χ1) is 9.60. The molecule has 2 rings (SSSR count). The molecule has 0 saturated carbocycles. The smallest absolute Gasteiger partial charge is 0.364 e. The average Bonchev–Trinajstić information content (AvgIpc) is 2.30. The third-order valence-electron chi connectivity index (χ3n) is 4.09. The van der Waals surface area contributed by atoms with Gasteiger partial charge in [0, 0.05) is 17.8 Å². The molecule has 5 nitrogen and oxygen atoms in total. The number of hydrogen-bond acceptors (Lipinski definition) is 4. The van der Waals surface area contributed by atoms with E-state index in [9.17, 15) is 8.42 Å². The Labute approximate surface area is 126 Å². The van der Waals surface area contributed by atoms with Gasteiger partial charge >= 0.3 is 10.4 Å². The van der Waals surface area contributed by atoms with E-state index in [2.05, 4.69) is 48.1 Å². The van der Waals surface area contributed by atoms with Gasteiger partial charge in [0.2, 0.25) is 0 Å². The molecule has 1 N–H and O–H groups in total. The van der Waals surface area contributed by atoms with Gasteiger partial charge in [-0.05, 0) is 50.3 Å². The molecule has 0 fully saturated rings. The Hall–Kier alpha value is -1.11. The van der Waals surface area contributed by atoms with Crippen LogP contribution in [0, 0.1) is 6.92 Å². The van der Waals surface area contributed by atoms with Crippen molar-refractivity contribution in [2.24, 2.45) is 0 Å². The molecule has 1 aliphatic rings. The van der Waals surface area contributed by atoms with Gasteiger partial charge in [-0.25, -0.2) is 4.18 Å². The molecule has 0 amide bonds. The lowest BCUT2D eigenvalue weighted by atomic mass is 9.80. The molecule has 0 saturated heterocycles. The molecular formula is C15H23NO4S. The summed E-state index contributed by atoms with van der Waals surface area (Å²) in [6, 6.07) is 6.36. The van der Waals surface area contributed by atoms with Gasteiger partial charge in [-0.2, -0.15) is 8.42 Å². The fourth-order valence-corrected chi connectivity index (χ4v) is 3.54. The highest BCUT2D eigenvalue weighted by molar-refractivity contribution is 7.80. The van der Waals surface area contributed by atoms with Gasteiger partial charge in [-0.3, -0.25) is 4.55 Å². The lowest BCUT2D eigenvalue weighted by Gasteiger charge is -2.47. The van der Waals surface area contributed by atoms with Crippen molar-refractivity contribution < 1.29 is 17.2 Å². The maximum Gasteiger partial charge on any atom is 0.397 e. The Morgan fingerprint density at radius 1 is 1.43 bits per heavy atom. The van der Waals surface area contributed by atoms with E-state index in [4.69, 9.17) is 4.55 Å². The van der Waals surface area contributed by atoms with Crippen molar-refractivity contribution in [2.75, 3.05) is 18.1 Å². The van der Waals surface area contributed by atoms with Crippen LogP contribution in [0.2, 0.25) is 0 Å². The van der Waals surface area contributed by atoms with Crippen LogP contribution in [0.1, 0.15) is 44.2 Å². The third kappa shape index (κ3) is 3.75. The zero-order valence-corrected chi connectivity index (χ0v) is 13.8. The Balaban J connectivity index is 2.29. The number of hydrogen-bond donors (Lipinski definition) is 1. The average molecular weight is 313 g/mol. The highest BCUT2D eigenvalue weighted by Crippen LogP contribution is 2.43. The normalized spacial score (nSPS) is 21.2. The molecular weight excluding hydrogens is 290 g/mol. The van der Waals surface area contributed by atoms with Crippen molar-refractivity contribution in [2.45, 2.75) is 45.6 Å². The molecule has 0 aliphatic carbocycles. The van der Waals surface area contributed by atoms with Crippen LogP contribution in [0.25, 0.3) is 0 Å². The highest BCUT2D eigenvalue weighted by Gasteiger charge is 2.36. The fraction of sp³-hybridized carbons (Fsp3) is 0.600. The van der Waals surface area contributed by atoms with Gasteiger partial charge in [-0.15, -0.1) is 0 Å². The molecule has 118 valence electrons. The zero-order valence-electron chi connectivity index (χ0n) is 13.0. The summed E-state index contributed by atoms with van der Waals surface area (Å²) in [6.07, 6.45) is 0.981. The number of aryl methyl sites for hydroxylation is 1. The Bertz CT molecular complexity index is 625. The minimum atomic E-state index is -4.39. The van der Waals surface area contributed by atoms with Crippen molar-refractivity contribution in [3.05, 3.63) is 29.3 Å². The maximum absolute atomic E-state index is 10.7. The number of rotatable bonds is 4. The maximum atomic E-state index is 10.7. The topological polar surface area (TPSA) is 66.8 Å². The minimum absolute atomic E-state index is 0.0655. The summed E-state index contributed by atoms with van der Waals surface area (Å²) in [5.41, 5.74) is 3.46. The molecule has 0 unspecified atom stereocenters. The fourth-order valence-electron chi connectivity index (χ4n) is 3.26. The predicted octanol–water partition coefficient (Wildman–Crippen LogP) is 2.91. The minimum Gasteiger partial charge on any atom is -0.364 e. The van der Waals surface area contributed by atoms with E-state index in [0.717, 1.165) is 12.1 Å². The number of anilines is 1. The van der Waals surface area contributed by atoms with Gasteiger partial charge in [0.25, 0.3) is 0 Å². The van der Waals surface area contributed by atoms with E-state index in [1.54, 1.807) is 0 Å². The van der Waals surface area contributed by atoms with E-state index >= 15 is 0 Å². The zero-order chi connectivity index (χ0) is 15.8. The Kier molecular flexibility index (Phi) is 4.33. The second-order valence-corrected chi connectivity index (χ2v) is 7.47. The summed E-state index contributed by atoms with van der Waals surface area (Å²) in [5, 5.41) is 0. The van der Waals surface area contributed by atoms with Crippen LogP contribution < -0.4 is 4.90 Å². The molecule has 1 aromatic carbocycles. The monoisotopic (exact) mass is 313 g/mol. The van der Waals surface area contributed by atoms with E-state index in [0.29, 0.717) is 12.5 Å². The standard InChI is InChI=1S/C15H23NO4S/c1-11-5-6-13-12(2)10-15(3,4)16(14(13)9-11)7-8-20-21(17,18)19/h5-6,9,12H,7-8,10H2,1-4H3,(H,17,18,19)/t12-/m1/s1. The Morgan fingerprint density at radius 2 is 2.10 bits per heavy atom. The van der Waals surface area contributed by atoms with E-state index in [1.807, 2.05) is 6.92 Å². The van der Waals surface area contributed by atoms with Crippen molar-refractivity contribution in [1.29, 1.82) is 0 Å². The molecule has 0 radical (unpaired) electrons. The molecule has 0 bridgehead atoms. The first-order valence-electron chi connectivity index (χ1n) is 7.10. The van der Waals surface area contributed by atoms with Crippen molar-refractivity contribution in [3.63, 3.8) is 0 Å². The predicted molar refractivity (Wildman–Crippen MR) is 83.1 cm³/mol. The third-order valence-corrected chi connectivity index (χ3v) is 4.56. The van der Waals surface area contributed by atoms with Gasteiger partial charge in [0.1, 0.15) is 0 Å². The molecule has 0 spiro atoms. The SMILES string of the molecule is Cc1ccc2c(c1)N(CCOS(=O)(=O)O)C(C)(C)C[C@H]2C. The molecule has 21 heavy (non-hydrogen) atoms. The molecule has 1 heterocycles. The molecule has 1 atom stereocenters. The van der Waals surface area contributed by atoms with Gasteiger partial charge in [0.05, 0.1) is 6.61 Å². The van der Waals surface area contributed by atoms with Crippen LogP contribution in [-0.4, -0.2) is 31.7 Å². The van der Waals surface area contributed by atoms with Gasteiger partial charge in [0.15, 0.2) is 0 Å². The van der Waals surface area contributed by atoms with Crippen molar-refractivity contribution in [1.82, 2.24) is 0 Å². The summed E-state index contributed by atoms with van der Waals surface area (Å²) in [4.78, 5) is 2.17. The van der Waals surface area contributed by atoms with Crippen LogP contribution >= 0.6 is 0 Å². The first kappa shape index (κ1) is 16.3. The number of fused-ring (bicyclic) bond motifs is 1. The van der Waals surface area contributed by atoms with Crippen molar-refractivity contribution >= 4 is 16.1 Å².